The lowest BCUT2D eigenvalue weighted by Gasteiger charge is -2.25. The normalized spacial score (nSPS) is 18.9. The Hall–Kier alpha value is -1.35. The molecule has 1 aliphatic carbocycles. The average Bonchev–Trinajstić information content (AvgIpc) is 2.88. The molecule has 0 aliphatic heterocycles. The van der Waals surface area contributed by atoms with Crippen molar-refractivity contribution in [3.05, 3.63) is 0 Å². The monoisotopic (exact) mass is 306 g/mol. The molecule has 8 nitrogen and oxygen atoms in total. The van der Waals surface area contributed by atoms with Gasteiger partial charge in [-0.05, 0) is 12.8 Å². The van der Waals surface area contributed by atoms with E-state index in [0.717, 1.165) is 12.8 Å². The molecular weight excluding hydrogens is 284 g/mol. The maximum Gasteiger partial charge on any atom is 0.233 e. The fourth-order valence-electron chi connectivity index (χ4n) is 2.43. The van der Waals surface area contributed by atoms with Crippen LogP contribution in [0.4, 0.5) is 0 Å². The highest BCUT2D eigenvalue weighted by molar-refractivity contribution is 7.89. The van der Waals surface area contributed by atoms with E-state index in [1.807, 2.05) is 0 Å². The summed E-state index contributed by atoms with van der Waals surface area (Å²) in [5.74, 6) is -0.683. The van der Waals surface area contributed by atoms with Gasteiger partial charge in [-0.1, -0.05) is 24.9 Å². The fourth-order valence-corrected chi connectivity index (χ4v) is 3.39. The molecule has 0 aromatic heterocycles. The second kappa shape index (κ2) is 6.89. The van der Waals surface area contributed by atoms with Crippen molar-refractivity contribution in [2.24, 2.45) is 16.3 Å². The number of carbonyl (C=O) groups excluding carboxylic acids is 1. The highest BCUT2D eigenvalue weighted by Gasteiger charge is 2.45. The summed E-state index contributed by atoms with van der Waals surface area (Å²) in [6.45, 7) is 1.99. The van der Waals surface area contributed by atoms with Crippen LogP contribution in [-0.2, 0) is 14.8 Å². The Kier molecular flexibility index (Phi) is 5.75. The van der Waals surface area contributed by atoms with Crippen LogP contribution in [0.25, 0.3) is 0 Å². The van der Waals surface area contributed by atoms with E-state index in [2.05, 4.69) is 15.2 Å². The second-order valence-electron chi connectivity index (χ2n) is 4.85. The molecule has 0 saturated heterocycles. The molecule has 1 fully saturated rings. The molecule has 0 radical (unpaired) electrons. The smallest absolute Gasteiger partial charge is 0.233 e. The first-order chi connectivity index (χ1) is 9.38. The topological polar surface area (TPSA) is 134 Å². The van der Waals surface area contributed by atoms with E-state index in [-0.39, 0.29) is 24.0 Å². The van der Waals surface area contributed by atoms with Crippen LogP contribution >= 0.6 is 0 Å². The molecular formula is C11H22N4O4S. The third kappa shape index (κ3) is 3.83. The van der Waals surface area contributed by atoms with Gasteiger partial charge in [0.2, 0.25) is 15.9 Å². The molecule has 0 aromatic rings. The molecule has 1 aliphatic rings. The number of sulfonamides is 1. The third-order valence-electron chi connectivity index (χ3n) is 3.51. The first-order valence-electron chi connectivity index (χ1n) is 6.61. The SMILES string of the molecule is CCNS(=O)(=O)CCNC(=O)C1(C(N)=NO)CCCC1. The summed E-state index contributed by atoms with van der Waals surface area (Å²) in [6, 6.07) is 0. The number of amides is 1. The minimum absolute atomic E-state index is 0.00533. The van der Waals surface area contributed by atoms with Gasteiger partial charge < -0.3 is 16.3 Å². The molecule has 1 saturated carbocycles. The summed E-state index contributed by atoms with van der Waals surface area (Å²) in [5.41, 5.74) is 4.62. The van der Waals surface area contributed by atoms with E-state index in [9.17, 15) is 13.2 Å². The molecule has 0 bridgehead atoms. The number of nitrogens with zero attached hydrogens (tertiary/aromatic N) is 1. The molecule has 20 heavy (non-hydrogen) atoms. The summed E-state index contributed by atoms with van der Waals surface area (Å²) < 4.78 is 25.2. The van der Waals surface area contributed by atoms with Gasteiger partial charge in [-0.2, -0.15) is 0 Å². The maximum atomic E-state index is 12.2. The Bertz CT molecular complexity index is 469. The fraction of sp³-hybridized carbons (Fsp3) is 0.818. The number of nitrogens with one attached hydrogen (secondary N) is 2. The lowest BCUT2D eigenvalue weighted by Crippen LogP contribution is -2.49. The van der Waals surface area contributed by atoms with Gasteiger partial charge in [0.1, 0.15) is 5.41 Å². The third-order valence-corrected chi connectivity index (χ3v) is 4.98. The quantitative estimate of drug-likeness (QED) is 0.215. The van der Waals surface area contributed by atoms with E-state index in [1.165, 1.54) is 0 Å². The van der Waals surface area contributed by atoms with Gasteiger partial charge in [-0.25, -0.2) is 13.1 Å². The summed E-state index contributed by atoms with van der Waals surface area (Å²) in [4.78, 5) is 12.2. The predicted molar refractivity (Wildman–Crippen MR) is 74.8 cm³/mol. The molecule has 5 N–H and O–H groups in total. The van der Waals surface area contributed by atoms with E-state index in [4.69, 9.17) is 10.9 Å². The van der Waals surface area contributed by atoms with Crippen LogP contribution in [0.2, 0.25) is 0 Å². The standard InChI is InChI=1S/C11H22N4O4S/c1-2-14-20(18,19)8-7-13-10(16)11(9(12)15-17)5-3-4-6-11/h14,17H,2-8H2,1H3,(H2,12,15)(H,13,16). The van der Waals surface area contributed by atoms with E-state index in [1.54, 1.807) is 6.92 Å². The van der Waals surface area contributed by atoms with Gasteiger partial charge in [-0.15, -0.1) is 0 Å². The number of carbonyl (C=O) groups is 1. The van der Waals surface area contributed by atoms with Crippen molar-refractivity contribution < 1.29 is 18.4 Å². The Morgan fingerprint density at radius 2 is 2.00 bits per heavy atom. The first-order valence-corrected chi connectivity index (χ1v) is 8.27. The van der Waals surface area contributed by atoms with Crippen molar-refractivity contribution in [2.75, 3.05) is 18.8 Å². The molecule has 116 valence electrons. The summed E-state index contributed by atoms with van der Waals surface area (Å²) in [7, 11) is -3.37. The molecule has 0 spiro atoms. The van der Waals surface area contributed by atoms with Gasteiger partial charge in [0.25, 0.3) is 0 Å². The zero-order chi connectivity index (χ0) is 15.2. The lowest BCUT2D eigenvalue weighted by molar-refractivity contribution is -0.127. The number of amidine groups is 1. The van der Waals surface area contributed by atoms with Gasteiger partial charge >= 0.3 is 0 Å². The minimum Gasteiger partial charge on any atom is -0.409 e. The van der Waals surface area contributed by atoms with Crippen LogP contribution in [0.3, 0.4) is 0 Å². The molecule has 0 unspecified atom stereocenters. The van der Waals surface area contributed by atoms with Crippen molar-refractivity contribution in [3.63, 3.8) is 0 Å². The van der Waals surface area contributed by atoms with Crippen LogP contribution in [0.5, 0.6) is 0 Å². The van der Waals surface area contributed by atoms with Crippen molar-refractivity contribution in [3.8, 4) is 0 Å². The zero-order valence-electron chi connectivity index (χ0n) is 11.6. The lowest BCUT2D eigenvalue weighted by atomic mass is 9.84. The molecule has 9 heteroatoms. The Morgan fingerprint density at radius 1 is 1.40 bits per heavy atom. The highest BCUT2D eigenvalue weighted by atomic mass is 32.2. The molecule has 0 atom stereocenters. The largest absolute Gasteiger partial charge is 0.409 e. The van der Waals surface area contributed by atoms with Gasteiger partial charge in [0.05, 0.1) is 5.75 Å². The van der Waals surface area contributed by atoms with E-state index in [0.29, 0.717) is 19.4 Å². The Morgan fingerprint density at radius 3 is 2.50 bits per heavy atom. The average molecular weight is 306 g/mol. The second-order valence-corrected chi connectivity index (χ2v) is 6.77. The number of nitrogens with two attached hydrogens (primary N) is 1. The molecule has 0 aromatic carbocycles. The van der Waals surface area contributed by atoms with Gasteiger partial charge in [0.15, 0.2) is 5.84 Å². The summed E-state index contributed by atoms with van der Waals surface area (Å²) in [5, 5.41) is 14.3. The predicted octanol–water partition coefficient (Wildman–Crippen LogP) is -0.651. The molecule has 1 rings (SSSR count). The van der Waals surface area contributed by atoms with Crippen LogP contribution < -0.4 is 15.8 Å². The minimum atomic E-state index is -3.37. The van der Waals surface area contributed by atoms with Gasteiger partial charge in [0, 0.05) is 13.1 Å². The first kappa shape index (κ1) is 16.7. The zero-order valence-corrected chi connectivity index (χ0v) is 12.4. The Balaban J connectivity index is 2.61. The van der Waals surface area contributed by atoms with Crippen molar-refractivity contribution in [1.82, 2.24) is 10.0 Å². The van der Waals surface area contributed by atoms with Crippen molar-refractivity contribution in [1.29, 1.82) is 0 Å². The maximum absolute atomic E-state index is 12.2. The van der Waals surface area contributed by atoms with Crippen molar-refractivity contribution >= 4 is 21.8 Å². The number of rotatable bonds is 7. The Labute approximate surface area is 118 Å². The molecule has 1 amide bonds. The highest BCUT2D eigenvalue weighted by Crippen LogP contribution is 2.38. The summed E-state index contributed by atoms with van der Waals surface area (Å²) in [6.07, 6.45) is 2.65. The van der Waals surface area contributed by atoms with Crippen molar-refractivity contribution in [2.45, 2.75) is 32.6 Å². The van der Waals surface area contributed by atoms with E-state index < -0.39 is 15.4 Å². The number of hydrogen-bond donors (Lipinski definition) is 4. The van der Waals surface area contributed by atoms with Crippen LogP contribution in [0, 0.1) is 5.41 Å². The number of hydrogen-bond acceptors (Lipinski definition) is 5. The van der Waals surface area contributed by atoms with Crippen LogP contribution in [0.15, 0.2) is 5.16 Å². The van der Waals surface area contributed by atoms with Gasteiger partial charge in [-0.3, -0.25) is 4.79 Å². The van der Waals surface area contributed by atoms with Crippen LogP contribution in [0.1, 0.15) is 32.6 Å². The number of oxime groups is 1. The van der Waals surface area contributed by atoms with E-state index >= 15 is 0 Å². The summed E-state index contributed by atoms with van der Waals surface area (Å²) >= 11 is 0. The van der Waals surface area contributed by atoms with Crippen LogP contribution in [-0.4, -0.2) is 44.2 Å². The molecule has 0 heterocycles.